The molecule has 1 heterocycles. The maximum absolute atomic E-state index is 14.0. The van der Waals surface area contributed by atoms with E-state index in [1.807, 2.05) is 6.07 Å². The van der Waals surface area contributed by atoms with Crippen LogP contribution in [0.5, 0.6) is 0 Å². The molecule has 1 aromatic rings. The first-order valence-electron chi connectivity index (χ1n) is 8.37. The molecule has 1 fully saturated rings. The molecule has 6 nitrogen and oxygen atoms in total. The van der Waals surface area contributed by atoms with Gasteiger partial charge in [0.2, 0.25) is 0 Å². The number of amides is 2. The van der Waals surface area contributed by atoms with E-state index in [1.54, 1.807) is 45.0 Å². The van der Waals surface area contributed by atoms with Gasteiger partial charge in [-0.3, -0.25) is 0 Å². The fourth-order valence-electron chi connectivity index (χ4n) is 2.59. The zero-order valence-corrected chi connectivity index (χ0v) is 15.1. The highest BCUT2D eigenvalue weighted by atomic mass is 19.3. The molecule has 0 saturated carbocycles. The molecule has 1 saturated heterocycles. The molecule has 1 aliphatic rings. The van der Waals surface area contributed by atoms with Crippen molar-refractivity contribution in [3.8, 4) is 0 Å². The molecule has 0 spiro atoms. The number of nitrogens with zero attached hydrogens (tertiary/aromatic N) is 1. The third kappa shape index (κ3) is 6.50. The second-order valence-electron chi connectivity index (χ2n) is 7.32. The van der Waals surface area contributed by atoms with E-state index in [9.17, 15) is 18.4 Å². The predicted octanol–water partition coefficient (Wildman–Crippen LogP) is 3.56. The Morgan fingerprint density at radius 1 is 1.27 bits per heavy atom. The van der Waals surface area contributed by atoms with Crippen LogP contribution in [-0.4, -0.2) is 47.7 Å². The second kappa shape index (κ2) is 7.88. The van der Waals surface area contributed by atoms with Gasteiger partial charge in [-0.2, -0.15) is 0 Å². The van der Waals surface area contributed by atoms with Gasteiger partial charge in [-0.05, 0) is 26.3 Å². The molecule has 8 heteroatoms. The standard InChI is InChI=1S/C18H24F2N2O4/c1-17(2,3)26-16(24)22-10-14(9-18(19,20)12-22)21-15(23)25-11-13-7-5-4-6-8-13/h4-8,14H,9-12H2,1-3H3,(H,21,23)/t14-/m0/s1. The summed E-state index contributed by atoms with van der Waals surface area (Å²) in [6.45, 7) is 4.20. The third-order valence-corrected chi connectivity index (χ3v) is 3.59. The highest BCUT2D eigenvalue weighted by Crippen LogP contribution is 2.28. The number of ether oxygens (including phenoxy) is 2. The average Bonchev–Trinajstić information content (AvgIpc) is 2.51. The number of carbonyl (C=O) groups excluding carboxylic acids is 2. The SMILES string of the molecule is CC(C)(C)OC(=O)N1C[C@@H](NC(=O)OCc2ccccc2)CC(F)(F)C1. The first-order chi connectivity index (χ1) is 12.0. The predicted molar refractivity (Wildman–Crippen MR) is 90.9 cm³/mol. The number of rotatable bonds is 3. The smallest absolute Gasteiger partial charge is 0.410 e. The number of alkyl halides is 2. The molecule has 1 aromatic carbocycles. The fraction of sp³-hybridized carbons (Fsp3) is 0.556. The summed E-state index contributed by atoms with van der Waals surface area (Å²) >= 11 is 0. The molecule has 1 aliphatic heterocycles. The molecule has 144 valence electrons. The molecular formula is C18H24F2N2O4. The Bertz CT molecular complexity index is 632. The van der Waals surface area contributed by atoms with E-state index in [1.165, 1.54) is 0 Å². The van der Waals surface area contributed by atoms with Crippen molar-refractivity contribution in [3.05, 3.63) is 35.9 Å². The number of carbonyl (C=O) groups is 2. The van der Waals surface area contributed by atoms with E-state index in [-0.39, 0.29) is 13.2 Å². The van der Waals surface area contributed by atoms with E-state index in [0.29, 0.717) is 0 Å². The van der Waals surface area contributed by atoms with E-state index in [0.717, 1.165) is 10.5 Å². The molecule has 0 aromatic heterocycles. The van der Waals surface area contributed by atoms with Crippen LogP contribution in [0.15, 0.2) is 30.3 Å². The number of likely N-dealkylation sites (tertiary alicyclic amines) is 1. The zero-order valence-electron chi connectivity index (χ0n) is 15.1. The largest absolute Gasteiger partial charge is 0.445 e. The molecule has 0 aliphatic carbocycles. The van der Waals surface area contributed by atoms with E-state index < -0.39 is 42.7 Å². The lowest BCUT2D eigenvalue weighted by Crippen LogP contribution is -2.57. The normalized spacial score (nSPS) is 19.6. The Hall–Kier alpha value is -2.38. The summed E-state index contributed by atoms with van der Waals surface area (Å²) in [7, 11) is 0. The highest BCUT2D eigenvalue weighted by molar-refractivity contribution is 5.70. The first-order valence-corrected chi connectivity index (χ1v) is 8.37. The number of hydrogen-bond donors (Lipinski definition) is 1. The van der Waals surface area contributed by atoms with Crippen LogP contribution in [0.25, 0.3) is 0 Å². The summed E-state index contributed by atoms with van der Waals surface area (Å²) in [6, 6.07) is 8.08. The molecule has 0 unspecified atom stereocenters. The van der Waals surface area contributed by atoms with Crippen LogP contribution < -0.4 is 5.32 Å². The van der Waals surface area contributed by atoms with Gasteiger partial charge in [0.25, 0.3) is 5.92 Å². The Balaban J connectivity index is 1.91. The van der Waals surface area contributed by atoms with Crippen LogP contribution in [0.2, 0.25) is 0 Å². The zero-order chi connectivity index (χ0) is 19.4. The van der Waals surface area contributed by atoms with Gasteiger partial charge in [-0.1, -0.05) is 30.3 Å². The van der Waals surface area contributed by atoms with Gasteiger partial charge in [0.05, 0.1) is 12.6 Å². The van der Waals surface area contributed by atoms with E-state index in [4.69, 9.17) is 9.47 Å². The summed E-state index contributed by atoms with van der Waals surface area (Å²) in [6.07, 6.45) is -2.20. The van der Waals surface area contributed by atoms with Crippen LogP contribution in [-0.2, 0) is 16.1 Å². The first kappa shape index (κ1) is 19.9. The van der Waals surface area contributed by atoms with E-state index in [2.05, 4.69) is 5.32 Å². The monoisotopic (exact) mass is 370 g/mol. The maximum Gasteiger partial charge on any atom is 0.410 e. The van der Waals surface area contributed by atoms with Crippen molar-refractivity contribution < 1.29 is 27.8 Å². The molecule has 2 rings (SSSR count). The lowest BCUT2D eigenvalue weighted by Gasteiger charge is -2.38. The molecule has 0 bridgehead atoms. The minimum atomic E-state index is -3.12. The maximum atomic E-state index is 14.0. The third-order valence-electron chi connectivity index (χ3n) is 3.59. The van der Waals surface area contributed by atoms with Crippen LogP contribution in [0.3, 0.4) is 0 Å². The van der Waals surface area contributed by atoms with Crippen molar-refractivity contribution in [1.29, 1.82) is 0 Å². The molecule has 1 atom stereocenters. The quantitative estimate of drug-likeness (QED) is 0.883. The van der Waals surface area contributed by atoms with Crippen LogP contribution >= 0.6 is 0 Å². The lowest BCUT2D eigenvalue weighted by atomic mass is 10.0. The minimum absolute atomic E-state index is 0.0333. The summed E-state index contributed by atoms with van der Waals surface area (Å²) < 4.78 is 38.1. The highest BCUT2D eigenvalue weighted by Gasteiger charge is 2.43. The van der Waals surface area contributed by atoms with Gasteiger partial charge in [0, 0.05) is 13.0 Å². The van der Waals surface area contributed by atoms with Crippen molar-refractivity contribution in [2.45, 2.75) is 51.4 Å². The number of nitrogens with one attached hydrogen (secondary N) is 1. The van der Waals surface area contributed by atoms with Crippen LogP contribution in [0.1, 0.15) is 32.8 Å². The Morgan fingerprint density at radius 2 is 1.92 bits per heavy atom. The number of benzene rings is 1. The van der Waals surface area contributed by atoms with Crippen molar-refractivity contribution >= 4 is 12.2 Å². The Labute approximate surface area is 151 Å². The van der Waals surface area contributed by atoms with Crippen molar-refractivity contribution in [1.82, 2.24) is 10.2 Å². The molecule has 0 radical (unpaired) electrons. The van der Waals surface area contributed by atoms with Gasteiger partial charge in [-0.15, -0.1) is 0 Å². The Morgan fingerprint density at radius 3 is 2.54 bits per heavy atom. The van der Waals surface area contributed by atoms with Crippen LogP contribution in [0.4, 0.5) is 18.4 Å². The second-order valence-corrected chi connectivity index (χ2v) is 7.32. The molecule has 1 N–H and O–H groups in total. The molecule has 26 heavy (non-hydrogen) atoms. The van der Waals surface area contributed by atoms with Gasteiger partial charge in [-0.25, -0.2) is 18.4 Å². The summed E-state index contributed by atoms with van der Waals surface area (Å²) in [5.74, 6) is -3.12. The van der Waals surface area contributed by atoms with Gasteiger partial charge >= 0.3 is 12.2 Å². The number of alkyl carbamates (subject to hydrolysis) is 1. The summed E-state index contributed by atoms with van der Waals surface area (Å²) in [4.78, 5) is 24.9. The average molecular weight is 370 g/mol. The number of halogens is 2. The van der Waals surface area contributed by atoms with Crippen molar-refractivity contribution in [2.75, 3.05) is 13.1 Å². The van der Waals surface area contributed by atoms with Crippen molar-refractivity contribution in [2.24, 2.45) is 0 Å². The topological polar surface area (TPSA) is 67.9 Å². The van der Waals surface area contributed by atoms with Gasteiger partial charge in [0.1, 0.15) is 12.2 Å². The van der Waals surface area contributed by atoms with E-state index >= 15 is 0 Å². The van der Waals surface area contributed by atoms with Gasteiger partial charge < -0.3 is 19.7 Å². The summed E-state index contributed by atoms with van der Waals surface area (Å²) in [5, 5.41) is 2.40. The fourth-order valence-corrected chi connectivity index (χ4v) is 2.59. The van der Waals surface area contributed by atoms with Crippen molar-refractivity contribution in [3.63, 3.8) is 0 Å². The number of hydrogen-bond acceptors (Lipinski definition) is 4. The summed E-state index contributed by atoms with van der Waals surface area (Å²) in [5.41, 5.74) is -0.00606. The lowest BCUT2D eigenvalue weighted by molar-refractivity contribution is -0.0779. The molecule has 2 amide bonds. The molecular weight excluding hydrogens is 346 g/mol. The minimum Gasteiger partial charge on any atom is -0.445 e. The Kier molecular flexibility index (Phi) is 6.05. The van der Waals surface area contributed by atoms with Gasteiger partial charge in [0.15, 0.2) is 0 Å². The van der Waals surface area contributed by atoms with Crippen LogP contribution in [0, 0.1) is 0 Å². The number of piperidine rings is 1.